The van der Waals surface area contributed by atoms with Gasteiger partial charge in [-0.2, -0.15) is 0 Å². The summed E-state index contributed by atoms with van der Waals surface area (Å²) in [5, 5.41) is 0.688. The molecule has 0 spiro atoms. The van der Waals surface area contributed by atoms with Crippen molar-refractivity contribution in [2.75, 3.05) is 5.75 Å². The number of hydrogen-bond donors (Lipinski definition) is 0. The second-order valence-electron chi connectivity index (χ2n) is 7.32. The minimum absolute atomic E-state index is 0.396. The summed E-state index contributed by atoms with van der Waals surface area (Å²) in [7, 11) is 0. The lowest BCUT2D eigenvalue weighted by molar-refractivity contribution is 0.112. The maximum absolute atomic E-state index is 10.8. The zero-order chi connectivity index (χ0) is 18.2. The Morgan fingerprint density at radius 3 is 2.46 bits per heavy atom. The highest BCUT2D eigenvalue weighted by Gasteiger charge is 2.32. The van der Waals surface area contributed by atoms with Crippen molar-refractivity contribution >= 4 is 29.6 Å². The van der Waals surface area contributed by atoms with E-state index in [1.165, 1.54) is 51.4 Å². The van der Waals surface area contributed by atoms with E-state index in [0.29, 0.717) is 16.0 Å². The third-order valence-electron chi connectivity index (χ3n) is 5.60. The monoisotopic (exact) mass is 386 g/mol. The number of halogens is 1. The summed E-state index contributed by atoms with van der Waals surface area (Å²) in [4.78, 5) is 11.9. The standard InChI is InChI=1S/C23H27ClOS/c24-21-17-19(18-25)11-12-22(21)26-16-8-7-15-23(13-5-2-6-14-23)20-9-3-1-4-10-20/h1,3-4,9-12,17-18H,2,5-8,13-16H2. The number of hydrogen-bond acceptors (Lipinski definition) is 2. The number of carbonyl (C=O) groups excluding carboxylic acids is 1. The average Bonchev–Trinajstić information content (AvgIpc) is 2.70. The molecule has 1 aliphatic carbocycles. The second-order valence-corrected chi connectivity index (χ2v) is 8.86. The average molecular weight is 387 g/mol. The fourth-order valence-corrected chi connectivity index (χ4v) is 5.44. The maximum Gasteiger partial charge on any atom is 0.150 e. The van der Waals surface area contributed by atoms with Crippen LogP contribution < -0.4 is 0 Å². The van der Waals surface area contributed by atoms with Crippen LogP contribution in [0.2, 0.25) is 5.02 Å². The third kappa shape index (κ3) is 4.92. The molecule has 0 aromatic heterocycles. The van der Waals surface area contributed by atoms with E-state index in [-0.39, 0.29) is 0 Å². The van der Waals surface area contributed by atoms with Crippen LogP contribution in [0, 0.1) is 0 Å². The fraction of sp³-hybridized carbons (Fsp3) is 0.435. The highest BCUT2D eigenvalue weighted by atomic mass is 35.5. The molecular weight excluding hydrogens is 360 g/mol. The summed E-state index contributed by atoms with van der Waals surface area (Å²) < 4.78 is 0. The Labute approximate surface area is 166 Å². The van der Waals surface area contributed by atoms with Gasteiger partial charge in [-0.25, -0.2) is 0 Å². The largest absolute Gasteiger partial charge is 0.298 e. The zero-order valence-electron chi connectivity index (χ0n) is 15.3. The van der Waals surface area contributed by atoms with E-state index in [2.05, 4.69) is 30.3 Å². The molecule has 2 aromatic carbocycles. The Morgan fingerprint density at radius 1 is 1.00 bits per heavy atom. The number of aldehydes is 1. The highest BCUT2D eigenvalue weighted by Crippen LogP contribution is 2.43. The molecule has 0 aliphatic heterocycles. The van der Waals surface area contributed by atoms with Gasteiger partial charge in [-0.3, -0.25) is 4.79 Å². The molecule has 0 bridgehead atoms. The SMILES string of the molecule is O=Cc1ccc(SCCCCC2(c3ccccc3)CCCCC2)c(Cl)c1. The third-order valence-corrected chi connectivity index (χ3v) is 7.18. The zero-order valence-corrected chi connectivity index (χ0v) is 16.8. The van der Waals surface area contributed by atoms with Crippen LogP contribution in [-0.2, 0) is 5.41 Å². The van der Waals surface area contributed by atoms with Gasteiger partial charge in [0.2, 0.25) is 0 Å². The van der Waals surface area contributed by atoms with Crippen LogP contribution in [0.25, 0.3) is 0 Å². The molecule has 3 rings (SSSR count). The first kappa shape index (κ1) is 19.5. The fourth-order valence-electron chi connectivity index (χ4n) is 4.16. The van der Waals surface area contributed by atoms with Crippen molar-refractivity contribution in [3.8, 4) is 0 Å². The van der Waals surface area contributed by atoms with Crippen LogP contribution in [0.3, 0.4) is 0 Å². The first-order valence-corrected chi connectivity index (χ1v) is 11.0. The number of carbonyl (C=O) groups is 1. The van der Waals surface area contributed by atoms with Crippen LogP contribution in [0.15, 0.2) is 53.4 Å². The first-order chi connectivity index (χ1) is 12.7. The molecule has 138 valence electrons. The molecule has 0 heterocycles. The van der Waals surface area contributed by atoms with Crippen molar-refractivity contribution in [1.82, 2.24) is 0 Å². The molecule has 3 heteroatoms. The number of rotatable bonds is 8. The lowest BCUT2D eigenvalue weighted by Crippen LogP contribution is -2.29. The smallest absolute Gasteiger partial charge is 0.150 e. The molecule has 0 radical (unpaired) electrons. The number of thioether (sulfide) groups is 1. The first-order valence-electron chi connectivity index (χ1n) is 9.67. The van der Waals surface area contributed by atoms with Crippen LogP contribution in [-0.4, -0.2) is 12.0 Å². The van der Waals surface area contributed by atoms with Crippen molar-refractivity contribution in [2.24, 2.45) is 0 Å². The van der Waals surface area contributed by atoms with E-state index in [1.807, 2.05) is 12.1 Å². The van der Waals surface area contributed by atoms with Gasteiger partial charge in [0.15, 0.2) is 0 Å². The molecule has 1 nitrogen and oxygen atoms in total. The summed E-state index contributed by atoms with van der Waals surface area (Å²) in [6.07, 6.45) is 11.4. The number of unbranched alkanes of at least 4 members (excludes halogenated alkanes) is 1. The Balaban J connectivity index is 1.52. The van der Waals surface area contributed by atoms with Gasteiger partial charge in [-0.15, -0.1) is 11.8 Å². The lowest BCUT2D eigenvalue weighted by Gasteiger charge is -2.38. The van der Waals surface area contributed by atoms with Gasteiger partial charge >= 0.3 is 0 Å². The minimum Gasteiger partial charge on any atom is -0.298 e. The maximum atomic E-state index is 10.8. The van der Waals surface area contributed by atoms with Crippen LogP contribution >= 0.6 is 23.4 Å². The summed E-state index contributed by atoms with van der Waals surface area (Å²) in [5.74, 6) is 1.07. The molecule has 26 heavy (non-hydrogen) atoms. The molecule has 2 aromatic rings. The Morgan fingerprint density at radius 2 is 1.77 bits per heavy atom. The van der Waals surface area contributed by atoms with E-state index in [0.717, 1.165) is 16.9 Å². The van der Waals surface area contributed by atoms with Crippen LogP contribution in [0.4, 0.5) is 0 Å². The van der Waals surface area contributed by atoms with Gasteiger partial charge in [0.25, 0.3) is 0 Å². The summed E-state index contributed by atoms with van der Waals surface area (Å²) >= 11 is 8.06. The molecule has 0 atom stereocenters. The van der Waals surface area contributed by atoms with Crippen LogP contribution in [0.5, 0.6) is 0 Å². The summed E-state index contributed by atoms with van der Waals surface area (Å²) in [6.45, 7) is 0. The molecular formula is C23H27ClOS. The van der Waals surface area contributed by atoms with E-state index in [1.54, 1.807) is 23.4 Å². The van der Waals surface area contributed by atoms with Gasteiger partial charge in [0.05, 0.1) is 5.02 Å². The highest BCUT2D eigenvalue weighted by molar-refractivity contribution is 7.99. The summed E-state index contributed by atoms with van der Waals surface area (Å²) in [6, 6.07) is 16.7. The minimum atomic E-state index is 0.396. The summed E-state index contributed by atoms with van der Waals surface area (Å²) in [5.41, 5.74) is 2.58. The normalized spacial score (nSPS) is 16.3. The van der Waals surface area contributed by atoms with E-state index in [9.17, 15) is 4.79 Å². The van der Waals surface area contributed by atoms with E-state index in [4.69, 9.17) is 11.6 Å². The number of benzene rings is 2. The Bertz CT molecular complexity index is 707. The lowest BCUT2D eigenvalue weighted by atomic mass is 9.67. The van der Waals surface area contributed by atoms with Gasteiger partial charge in [0.1, 0.15) is 6.29 Å². The van der Waals surface area contributed by atoms with Gasteiger partial charge < -0.3 is 0 Å². The van der Waals surface area contributed by atoms with Gasteiger partial charge in [0, 0.05) is 10.5 Å². The van der Waals surface area contributed by atoms with Crippen molar-refractivity contribution < 1.29 is 4.79 Å². The topological polar surface area (TPSA) is 17.1 Å². The van der Waals surface area contributed by atoms with E-state index >= 15 is 0 Å². The van der Waals surface area contributed by atoms with Crippen molar-refractivity contribution in [3.05, 3.63) is 64.7 Å². The predicted octanol–water partition coefficient (Wildman–Crippen LogP) is 7.32. The molecule has 1 fully saturated rings. The van der Waals surface area contributed by atoms with Crippen molar-refractivity contribution in [3.63, 3.8) is 0 Å². The quantitative estimate of drug-likeness (QED) is 0.268. The molecule has 0 unspecified atom stereocenters. The molecule has 0 amide bonds. The van der Waals surface area contributed by atoms with Gasteiger partial charge in [-0.05, 0) is 54.5 Å². The van der Waals surface area contributed by atoms with Gasteiger partial charge in [-0.1, -0.05) is 73.7 Å². The Hall–Kier alpha value is -1.25. The molecule has 0 saturated heterocycles. The van der Waals surface area contributed by atoms with E-state index < -0.39 is 0 Å². The van der Waals surface area contributed by atoms with Crippen LogP contribution in [0.1, 0.15) is 67.3 Å². The second kappa shape index (κ2) is 9.62. The molecule has 0 N–H and O–H groups in total. The predicted molar refractivity (Wildman–Crippen MR) is 113 cm³/mol. The van der Waals surface area contributed by atoms with Crippen molar-refractivity contribution in [2.45, 2.75) is 61.7 Å². The molecule has 1 saturated carbocycles. The van der Waals surface area contributed by atoms with Crippen molar-refractivity contribution in [1.29, 1.82) is 0 Å². The Kier molecular flexibility index (Phi) is 7.22. The molecule has 1 aliphatic rings.